The summed E-state index contributed by atoms with van der Waals surface area (Å²) in [7, 11) is 1.59. The van der Waals surface area contributed by atoms with E-state index in [2.05, 4.69) is 10.3 Å². The fraction of sp³-hybridized carbons (Fsp3) is 0.182. The predicted octanol–water partition coefficient (Wildman–Crippen LogP) is 1.26. The van der Waals surface area contributed by atoms with Gasteiger partial charge in [-0.25, -0.2) is 0 Å². The molecule has 4 nitrogen and oxygen atoms in total. The number of hydrogen-bond acceptors (Lipinski definition) is 2. The maximum absolute atomic E-state index is 11.4. The van der Waals surface area contributed by atoms with E-state index < -0.39 is 11.2 Å². The normalized spacial score (nSPS) is 12.7. The number of nitrogens with one attached hydrogen (secondary N) is 2. The van der Waals surface area contributed by atoms with Crippen LogP contribution in [-0.4, -0.2) is 28.7 Å². The predicted molar refractivity (Wildman–Crippen MR) is 64.0 cm³/mol. The van der Waals surface area contributed by atoms with Crippen molar-refractivity contribution in [1.29, 1.82) is 0 Å². The standard InChI is InChI=1S/C11H12N2O2S/c1-12-11(14)7-3-4-8-9(5-7)13-6-10(8)16(2)15/h3-6,13H,1-2H3,(H,12,14). The lowest BCUT2D eigenvalue weighted by Crippen LogP contribution is -2.17. The number of rotatable bonds is 2. The molecule has 0 saturated heterocycles. The van der Waals surface area contributed by atoms with Crippen molar-refractivity contribution >= 4 is 28.0 Å². The molecule has 1 heterocycles. The lowest BCUT2D eigenvalue weighted by molar-refractivity contribution is 0.0963. The molecular formula is C11H12N2O2S. The van der Waals surface area contributed by atoms with Crippen molar-refractivity contribution in [3.63, 3.8) is 0 Å². The molecule has 1 atom stereocenters. The summed E-state index contributed by atoms with van der Waals surface area (Å²) in [6.07, 6.45) is 3.35. The van der Waals surface area contributed by atoms with Gasteiger partial charge in [0.2, 0.25) is 0 Å². The molecule has 16 heavy (non-hydrogen) atoms. The van der Waals surface area contributed by atoms with Gasteiger partial charge in [-0.1, -0.05) is 0 Å². The van der Waals surface area contributed by atoms with E-state index in [4.69, 9.17) is 0 Å². The van der Waals surface area contributed by atoms with Gasteiger partial charge in [-0.2, -0.15) is 0 Å². The fourth-order valence-electron chi connectivity index (χ4n) is 1.62. The number of carbonyl (C=O) groups excluding carboxylic acids is 1. The maximum atomic E-state index is 11.4. The minimum absolute atomic E-state index is 0.129. The quantitative estimate of drug-likeness (QED) is 0.771. The van der Waals surface area contributed by atoms with Gasteiger partial charge in [0.25, 0.3) is 5.91 Å². The molecule has 1 amide bonds. The van der Waals surface area contributed by atoms with Crippen LogP contribution in [0.25, 0.3) is 10.9 Å². The summed E-state index contributed by atoms with van der Waals surface area (Å²) < 4.78 is 11.4. The SMILES string of the molecule is CNC(=O)c1ccc2c([S+](C)[O-])c[nH]c2c1. The number of benzene rings is 1. The van der Waals surface area contributed by atoms with Crippen molar-refractivity contribution in [3.05, 3.63) is 30.0 Å². The van der Waals surface area contributed by atoms with E-state index in [1.54, 1.807) is 31.6 Å². The first-order chi connectivity index (χ1) is 7.63. The molecule has 1 aromatic heterocycles. The Bertz CT molecular complexity index is 534. The van der Waals surface area contributed by atoms with Crippen LogP contribution in [0, 0.1) is 0 Å². The fourth-order valence-corrected chi connectivity index (χ4v) is 2.34. The molecule has 2 N–H and O–H groups in total. The van der Waals surface area contributed by atoms with Gasteiger partial charge >= 0.3 is 0 Å². The Morgan fingerprint density at radius 2 is 2.25 bits per heavy atom. The molecule has 0 saturated carbocycles. The highest BCUT2D eigenvalue weighted by Crippen LogP contribution is 2.23. The zero-order chi connectivity index (χ0) is 11.7. The van der Waals surface area contributed by atoms with Gasteiger partial charge in [0.05, 0.1) is 17.1 Å². The molecule has 1 aromatic carbocycles. The van der Waals surface area contributed by atoms with Gasteiger partial charge in [-0.15, -0.1) is 0 Å². The number of aromatic nitrogens is 1. The van der Waals surface area contributed by atoms with Gasteiger partial charge in [0, 0.05) is 12.6 Å². The Balaban J connectivity index is 2.53. The summed E-state index contributed by atoms with van der Waals surface area (Å²) in [5.74, 6) is -0.129. The molecule has 0 radical (unpaired) electrons. The number of aromatic amines is 1. The van der Waals surface area contributed by atoms with Gasteiger partial charge in [0.1, 0.15) is 6.26 Å². The van der Waals surface area contributed by atoms with Crippen LogP contribution < -0.4 is 5.32 Å². The van der Waals surface area contributed by atoms with Crippen LogP contribution >= 0.6 is 0 Å². The van der Waals surface area contributed by atoms with Gasteiger partial charge in [-0.3, -0.25) is 4.79 Å². The first-order valence-corrected chi connectivity index (χ1v) is 6.36. The first kappa shape index (κ1) is 11.0. The average molecular weight is 236 g/mol. The number of amides is 1. The molecule has 1 unspecified atom stereocenters. The van der Waals surface area contributed by atoms with Crippen LogP contribution in [0.2, 0.25) is 0 Å². The lowest BCUT2D eigenvalue weighted by atomic mass is 10.1. The molecule has 2 rings (SSSR count). The number of hydrogen-bond donors (Lipinski definition) is 2. The van der Waals surface area contributed by atoms with E-state index in [0.717, 1.165) is 15.8 Å². The van der Waals surface area contributed by atoms with E-state index in [-0.39, 0.29) is 5.91 Å². The maximum Gasteiger partial charge on any atom is 0.251 e. The number of H-pyrrole nitrogens is 1. The van der Waals surface area contributed by atoms with Gasteiger partial charge in [0.15, 0.2) is 4.90 Å². The third-order valence-corrected chi connectivity index (χ3v) is 3.40. The summed E-state index contributed by atoms with van der Waals surface area (Å²) >= 11 is -1.02. The Hall–Kier alpha value is -1.46. The van der Waals surface area contributed by atoms with Crippen molar-refractivity contribution in [2.45, 2.75) is 4.90 Å². The van der Waals surface area contributed by atoms with Crippen molar-refractivity contribution in [2.75, 3.05) is 13.3 Å². The molecule has 0 fully saturated rings. The van der Waals surface area contributed by atoms with E-state index in [9.17, 15) is 9.35 Å². The van der Waals surface area contributed by atoms with Crippen LogP contribution in [0.5, 0.6) is 0 Å². The minimum Gasteiger partial charge on any atom is -0.612 e. The Labute approximate surface area is 96.2 Å². The average Bonchev–Trinajstić information content (AvgIpc) is 2.70. The third-order valence-electron chi connectivity index (χ3n) is 2.44. The number of fused-ring (bicyclic) bond motifs is 1. The molecule has 5 heteroatoms. The van der Waals surface area contributed by atoms with Gasteiger partial charge in [-0.05, 0) is 29.4 Å². The molecule has 0 aliphatic rings. The molecule has 84 valence electrons. The van der Waals surface area contributed by atoms with Crippen LogP contribution in [0.3, 0.4) is 0 Å². The monoisotopic (exact) mass is 236 g/mol. The molecule has 2 aromatic rings. The van der Waals surface area contributed by atoms with Crippen molar-refractivity contribution in [1.82, 2.24) is 10.3 Å². The van der Waals surface area contributed by atoms with Crippen LogP contribution in [0.4, 0.5) is 0 Å². The topological polar surface area (TPSA) is 67.9 Å². The second-order valence-corrected chi connectivity index (χ2v) is 4.79. The highest BCUT2D eigenvalue weighted by molar-refractivity contribution is 7.91. The molecule has 0 bridgehead atoms. The lowest BCUT2D eigenvalue weighted by Gasteiger charge is -2.02. The number of carbonyl (C=O) groups is 1. The Kier molecular flexibility index (Phi) is 2.89. The highest BCUT2D eigenvalue weighted by atomic mass is 32.2. The summed E-state index contributed by atoms with van der Waals surface area (Å²) in [5, 5.41) is 3.46. The summed E-state index contributed by atoms with van der Waals surface area (Å²) in [6, 6.07) is 5.29. The van der Waals surface area contributed by atoms with Gasteiger partial charge < -0.3 is 14.9 Å². The second kappa shape index (κ2) is 4.19. The highest BCUT2D eigenvalue weighted by Gasteiger charge is 2.13. The molecule has 0 aliphatic heterocycles. The van der Waals surface area contributed by atoms with Crippen LogP contribution in [-0.2, 0) is 11.2 Å². The van der Waals surface area contributed by atoms with Crippen LogP contribution in [0.1, 0.15) is 10.4 Å². The molecule has 0 aliphatic carbocycles. The van der Waals surface area contributed by atoms with E-state index >= 15 is 0 Å². The first-order valence-electron chi connectivity index (χ1n) is 4.80. The zero-order valence-corrected chi connectivity index (χ0v) is 9.85. The Morgan fingerprint density at radius 3 is 2.88 bits per heavy atom. The zero-order valence-electron chi connectivity index (χ0n) is 9.03. The second-order valence-electron chi connectivity index (χ2n) is 3.45. The van der Waals surface area contributed by atoms with Crippen LogP contribution in [0.15, 0.2) is 29.3 Å². The van der Waals surface area contributed by atoms with E-state index in [0.29, 0.717) is 5.56 Å². The summed E-state index contributed by atoms with van der Waals surface area (Å²) in [6.45, 7) is 0. The smallest absolute Gasteiger partial charge is 0.251 e. The summed E-state index contributed by atoms with van der Waals surface area (Å²) in [5.41, 5.74) is 1.41. The van der Waals surface area contributed by atoms with Crippen molar-refractivity contribution < 1.29 is 9.35 Å². The summed E-state index contributed by atoms with van der Waals surface area (Å²) in [4.78, 5) is 15.2. The third kappa shape index (κ3) is 1.79. The van der Waals surface area contributed by atoms with Crippen molar-refractivity contribution in [3.8, 4) is 0 Å². The molecular weight excluding hydrogens is 224 g/mol. The Morgan fingerprint density at radius 1 is 1.50 bits per heavy atom. The largest absolute Gasteiger partial charge is 0.612 e. The molecule has 0 spiro atoms. The van der Waals surface area contributed by atoms with E-state index in [1.165, 1.54) is 0 Å². The minimum atomic E-state index is -1.02. The van der Waals surface area contributed by atoms with Crippen molar-refractivity contribution in [2.24, 2.45) is 0 Å². The van der Waals surface area contributed by atoms with E-state index in [1.807, 2.05) is 6.07 Å².